The number of fused-ring (bicyclic) bond motifs is 1. The third kappa shape index (κ3) is 3.56. The van der Waals surface area contributed by atoms with Gasteiger partial charge in [-0.2, -0.15) is 10.4 Å². The minimum atomic E-state index is -0.635. The molecule has 8 nitrogen and oxygen atoms in total. The predicted octanol–water partition coefficient (Wildman–Crippen LogP) is 3.76. The molecule has 0 radical (unpaired) electrons. The molecule has 0 fully saturated rings. The van der Waals surface area contributed by atoms with Crippen molar-refractivity contribution in [1.29, 1.82) is 5.26 Å². The highest BCUT2D eigenvalue weighted by atomic mass is 35.5. The van der Waals surface area contributed by atoms with Crippen molar-refractivity contribution in [3.8, 4) is 11.8 Å². The zero-order valence-corrected chi connectivity index (χ0v) is 15.9. The lowest BCUT2D eigenvalue weighted by Gasteiger charge is -2.07. The second-order valence-electron chi connectivity index (χ2n) is 5.87. The monoisotopic (exact) mass is 429 g/mol. The molecule has 0 saturated heterocycles. The van der Waals surface area contributed by atoms with Crippen molar-refractivity contribution in [2.75, 3.05) is 5.32 Å². The topological polar surface area (TPSA) is 113 Å². The number of hydrogen-bond acceptors (Lipinski definition) is 7. The van der Waals surface area contributed by atoms with Gasteiger partial charge in [0.2, 0.25) is 0 Å². The molecule has 1 aromatic carbocycles. The number of aromatic nitrogens is 5. The van der Waals surface area contributed by atoms with Gasteiger partial charge in [0.1, 0.15) is 29.2 Å². The summed E-state index contributed by atoms with van der Waals surface area (Å²) in [5.74, 6) is 0.0201. The summed E-state index contributed by atoms with van der Waals surface area (Å²) in [7, 11) is 0. The number of hydrogen-bond donors (Lipinski definition) is 2. The van der Waals surface area contributed by atoms with Crippen LogP contribution in [0.5, 0.6) is 0 Å². The molecule has 0 unspecified atom stereocenters. The highest BCUT2D eigenvalue weighted by Gasteiger charge is 2.17. The number of aliphatic hydroxyl groups is 1. The molecule has 0 bridgehead atoms. The van der Waals surface area contributed by atoms with Crippen LogP contribution in [0.3, 0.4) is 0 Å². The van der Waals surface area contributed by atoms with Crippen molar-refractivity contribution >= 4 is 45.7 Å². The van der Waals surface area contributed by atoms with E-state index in [9.17, 15) is 9.50 Å². The van der Waals surface area contributed by atoms with Crippen LogP contribution in [0, 0.1) is 17.1 Å². The quantitative estimate of drug-likeness (QED) is 0.507. The van der Waals surface area contributed by atoms with Crippen LogP contribution >= 0.6 is 23.2 Å². The Hall–Kier alpha value is -3.32. The van der Waals surface area contributed by atoms with Crippen LogP contribution in [0.4, 0.5) is 16.0 Å². The van der Waals surface area contributed by atoms with E-state index in [0.717, 1.165) is 6.20 Å². The Balaban J connectivity index is 1.83. The van der Waals surface area contributed by atoms with Crippen molar-refractivity contribution < 1.29 is 9.50 Å². The average Bonchev–Trinajstić information content (AvgIpc) is 3.15. The third-order valence-electron chi connectivity index (χ3n) is 4.01. The molecule has 29 heavy (non-hydrogen) atoms. The largest absolute Gasteiger partial charge is 0.390 e. The SMILES string of the molecule is N#Cc1cc(Cl)c(-n2cc3c(Nc4cc(CO)ncn4)ncc(F)c3n2)c(Cl)c1. The molecule has 0 saturated carbocycles. The maximum Gasteiger partial charge on any atom is 0.169 e. The highest BCUT2D eigenvalue weighted by Crippen LogP contribution is 2.33. The Bertz CT molecular complexity index is 1260. The molecule has 3 aromatic heterocycles. The second kappa shape index (κ2) is 7.60. The zero-order chi connectivity index (χ0) is 20.5. The zero-order valence-electron chi connectivity index (χ0n) is 14.4. The molecule has 2 N–H and O–H groups in total. The van der Waals surface area contributed by atoms with Crippen molar-refractivity contribution in [3.63, 3.8) is 0 Å². The van der Waals surface area contributed by atoms with Crippen LogP contribution in [0.25, 0.3) is 16.6 Å². The number of pyridine rings is 1. The van der Waals surface area contributed by atoms with E-state index in [-0.39, 0.29) is 28.0 Å². The number of anilines is 2. The number of halogens is 3. The number of aliphatic hydroxyl groups excluding tert-OH is 1. The molecule has 0 spiro atoms. The first kappa shape index (κ1) is 19.0. The predicted molar refractivity (Wildman–Crippen MR) is 105 cm³/mol. The van der Waals surface area contributed by atoms with Gasteiger partial charge in [0.05, 0.1) is 45.6 Å². The normalized spacial score (nSPS) is 10.9. The standard InChI is InChI=1S/C18H10Cl2FN7O/c19-12-1-9(4-22)2-13(20)17(12)28-6-11-16(27-28)14(21)5-23-18(11)26-15-3-10(7-29)24-8-25-15/h1-3,5-6,8,29H,7H2,(H,23,24,25,26). The first-order chi connectivity index (χ1) is 14.0. The Labute approximate surface area is 173 Å². The summed E-state index contributed by atoms with van der Waals surface area (Å²) in [6.45, 7) is -0.253. The van der Waals surface area contributed by atoms with Gasteiger partial charge in [-0.15, -0.1) is 0 Å². The number of benzene rings is 1. The molecule has 0 aliphatic rings. The van der Waals surface area contributed by atoms with E-state index in [4.69, 9.17) is 28.5 Å². The Morgan fingerprint density at radius 3 is 2.62 bits per heavy atom. The molecule has 144 valence electrons. The lowest BCUT2D eigenvalue weighted by atomic mass is 10.2. The third-order valence-corrected chi connectivity index (χ3v) is 4.59. The summed E-state index contributed by atoms with van der Waals surface area (Å²) in [5.41, 5.74) is 1.04. The van der Waals surface area contributed by atoms with E-state index >= 15 is 0 Å². The number of nitrogens with one attached hydrogen (secondary N) is 1. The number of rotatable bonds is 4. The maximum atomic E-state index is 14.3. The summed E-state index contributed by atoms with van der Waals surface area (Å²) in [4.78, 5) is 12.0. The lowest BCUT2D eigenvalue weighted by molar-refractivity contribution is 0.276. The van der Waals surface area contributed by atoms with Gasteiger partial charge >= 0.3 is 0 Å². The molecular weight excluding hydrogens is 420 g/mol. The van der Waals surface area contributed by atoms with Crippen LogP contribution < -0.4 is 5.32 Å². The van der Waals surface area contributed by atoms with E-state index in [2.05, 4.69) is 25.4 Å². The van der Waals surface area contributed by atoms with E-state index in [1.165, 1.54) is 35.4 Å². The summed E-state index contributed by atoms with van der Waals surface area (Å²) >= 11 is 12.5. The first-order valence-corrected chi connectivity index (χ1v) is 8.88. The van der Waals surface area contributed by atoms with Crippen LogP contribution in [0.15, 0.2) is 36.9 Å². The van der Waals surface area contributed by atoms with E-state index in [1.807, 2.05) is 6.07 Å². The van der Waals surface area contributed by atoms with Gasteiger partial charge in [-0.05, 0) is 12.1 Å². The second-order valence-corrected chi connectivity index (χ2v) is 6.68. The summed E-state index contributed by atoms with van der Waals surface area (Å²) < 4.78 is 15.7. The minimum Gasteiger partial charge on any atom is -0.390 e. The van der Waals surface area contributed by atoms with Crippen LogP contribution in [0.1, 0.15) is 11.3 Å². The molecule has 0 aliphatic carbocycles. The van der Waals surface area contributed by atoms with Gasteiger partial charge < -0.3 is 10.4 Å². The molecule has 0 atom stereocenters. The molecular formula is C18H10Cl2FN7O. The van der Waals surface area contributed by atoms with Gasteiger partial charge in [0, 0.05) is 12.3 Å². The van der Waals surface area contributed by atoms with E-state index < -0.39 is 5.82 Å². The molecule has 3 heterocycles. The lowest BCUT2D eigenvalue weighted by Crippen LogP contribution is -2.00. The molecule has 0 aliphatic heterocycles. The highest BCUT2D eigenvalue weighted by molar-refractivity contribution is 6.38. The van der Waals surface area contributed by atoms with Gasteiger partial charge in [-0.3, -0.25) is 0 Å². The number of nitriles is 1. The molecule has 11 heteroatoms. The van der Waals surface area contributed by atoms with Gasteiger partial charge in [0.15, 0.2) is 5.82 Å². The summed E-state index contributed by atoms with van der Waals surface area (Å²) in [6, 6.07) is 6.39. The average molecular weight is 430 g/mol. The van der Waals surface area contributed by atoms with Gasteiger partial charge in [-0.25, -0.2) is 24.0 Å². The first-order valence-electron chi connectivity index (χ1n) is 8.12. The number of nitrogens with zero attached hydrogens (tertiary/aromatic N) is 6. The van der Waals surface area contributed by atoms with Crippen molar-refractivity contribution in [1.82, 2.24) is 24.7 Å². The van der Waals surface area contributed by atoms with Crippen molar-refractivity contribution in [2.45, 2.75) is 6.61 Å². The van der Waals surface area contributed by atoms with Gasteiger partial charge in [0.25, 0.3) is 0 Å². The fourth-order valence-electron chi connectivity index (χ4n) is 2.71. The van der Waals surface area contributed by atoms with E-state index in [1.54, 1.807) is 0 Å². The summed E-state index contributed by atoms with van der Waals surface area (Å²) in [6.07, 6.45) is 3.83. The van der Waals surface area contributed by atoms with Gasteiger partial charge in [-0.1, -0.05) is 23.2 Å². The van der Waals surface area contributed by atoms with Crippen molar-refractivity contribution in [3.05, 3.63) is 64.0 Å². The maximum absolute atomic E-state index is 14.3. The van der Waals surface area contributed by atoms with Crippen LogP contribution in [0.2, 0.25) is 10.0 Å². The summed E-state index contributed by atoms with van der Waals surface area (Å²) in [5, 5.41) is 26.2. The van der Waals surface area contributed by atoms with E-state index in [0.29, 0.717) is 28.1 Å². The minimum absolute atomic E-state index is 0.0374. The fraction of sp³-hybridized carbons (Fsp3) is 0.0556. The fourth-order valence-corrected chi connectivity index (χ4v) is 3.37. The smallest absolute Gasteiger partial charge is 0.169 e. The molecule has 0 amide bonds. The molecule has 4 rings (SSSR count). The van der Waals surface area contributed by atoms with Crippen LogP contribution in [-0.4, -0.2) is 29.8 Å². The Morgan fingerprint density at radius 1 is 1.17 bits per heavy atom. The Morgan fingerprint density at radius 2 is 1.93 bits per heavy atom. The Kier molecular flexibility index (Phi) is 4.98. The molecule has 4 aromatic rings. The van der Waals surface area contributed by atoms with Crippen molar-refractivity contribution in [2.24, 2.45) is 0 Å². The van der Waals surface area contributed by atoms with Crippen LogP contribution in [-0.2, 0) is 6.61 Å².